The molecule has 2 heterocycles. The quantitative estimate of drug-likeness (QED) is 0.923. The normalized spacial score (nSPS) is 36.7. The molecule has 110 valence electrons. The van der Waals surface area contributed by atoms with Crippen LogP contribution in [0.25, 0.3) is 0 Å². The molecule has 0 aromatic carbocycles. The van der Waals surface area contributed by atoms with E-state index in [9.17, 15) is 4.79 Å². The summed E-state index contributed by atoms with van der Waals surface area (Å²) in [5.74, 6) is 1.75. The van der Waals surface area contributed by atoms with Gasteiger partial charge in [0.15, 0.2) is 0 Å². The second-order valence-electron chi connectivity index (χ2n) is 6.61. The Kier molecular flexibility index (Phi) is 3.41. The second kappa shape index (κ2) is 4.85. The Morgan fingerprint density at radius 3 is 2.70 bits per heavy atom. The van der Waals surface area contributed by atoms with Gasteiger partial charge in [0.25, 0.3) is 0 Å². The Hall–Kier alpha value is -0.870. The van der Waals surface area contributed by atoms with E-state index in [1.807, 2.05) is 6.92 Å². The minimum Gasteiger partial charge on any atom is -0.320 e. The lowest BCUT2D eigenvalue weighted by Gasteiger charge is -2.23. The van der Waals surface area contributed by atoms with Crippen molar-refractivity contribution in [1.29, 1.82) is 0 Å². The Balaban J connectivity index is 1.87. The Labute approximate surface area is 125 Å². The predicted octanol–water partition coefficient (Wildman–Crippen LogP) is 3.31. The van der Waals surface area contributed by atoms with E-state index < -0.39 is 5.54 Å². The maximum Gasteiger partial charge on any atom is 0.244 e. The molecule has 1 aromatic heterocycles. The van der Waals surface area contributed by atoms with Gasteiger partial charge in [-0.25, -0.2) is 0 Å². The first kappa shape index (κ1) is 14.1. The van der Waals surface area contributed by atoms with Gasteiger partial charge < -0.3 is 4.90 Å². The zero-order valence-corrected chi connectivity index (χ0v) is 13.6. The smallest absolute Gasteiger partial charge is 0.244 e. The number of nitrogens with zero attached hydrogens (tertiary/aromatic N) is 1. The van der Waals surface area contributed by atoms with Crippen LogP contribution in [0.3, 0.4) is 0 Å². The number of rotatable bonds is 4. The summed E-state index contributed by atoms with van der Waals surface area (Å²) in [5.41, 5.74) is -0.402. The van der Waals surface area contributed by atoms with Crippen LogP contribution in [0.15, 0.2) is 12.1 Å². The number of aryl methyl sites for hydroxylation is 1. The molecule has 4 heteroatoms. The van der Waals surface area contributed by atoms with Crippen molar-refractivity contribution in [2.45, 2.75) is 52.2 Å². The monoisotopic (exact) mass is 292 g/mol. The third-order valence-electron chi connectivity index (χ3n) is 4.94. The summed E-state index contributed by atoms with van der Waals surface area (Å²) in [6.07, 6.45) is 2.17. The first-order valence-electron chi connectivity index (χ1n) is 7.59. The van der Waals surface area contributed by atoms with Crippen molar-refractivity contribution >= 4 is 17.2 Å². The highest BCUT2D eigenvalue weighted by molar-refractivity contribution is 7.12. The molecule has 4 unspecified atom stereocenters. The number of amides is 1. The van der Waals surface area contributed by atoms with Crippen molar-refractivity contribution in [3.8, 4) is 0 Å². The van der Waals surface area contributed by atoms with E-state index in [2.05, 4.69) is 43.1 Å². The lowest BCUT2D eigenvalue weighted by molar-refractivity contribution is -0.133. The molecule has 2 aliphatic rings. The van der Waals surface area contributed by atoms with Crippen LogP contribution in [0.2, 0.25) is 0 Å². The van der Waals surface area contributed by atoms with Crippen molar-refractivity contribution in [3.63, 3.8) is 0 Å². The second-order valence-corrected chi connectivity index (χ2v) is 7.93. The number of hydrogen-bond acceptors (Lipinski definition) is 3. The largest absolute Gasteiger partial charge is 0.320 e. The summed E-state index contributed by atoms with van der Waals surface area (Å²) in [5, 5.41) is 3.58. The van der Waals surface area contributed by atoms with Crippen molar-refractivity contribution in [2.24, 2.45) is 11.8 Å². The van der Waals surface area contributed by atoms with Gasteiger partial charge in [-0.3, -0.25) is 10.1 Å². The van der Waals surface area contributed by atoms with Gasteiger partial charge in [0.2, 0.25) is 5.91 Å². The highest BCUT2D eigenvalue weighted by Gasteiger charge is 2.49. The van der Waals surface area contributed by atoms with Gasteiger partial charge in [-0.2, -0.15) is 0 Å². The van der Waals surface area contributed by atoms with E-state index in [0.29, 0.717) is 5.92 Å². The molecule has 1 N–H and O–H groups in total. The van der Waals surface area contributed by atoms with Crippen LogP contribution in [0.1, 0.15) is 49.5 Å². The van der Waals surface area contributed by atoms with Gasteiger partial charge in [0.1, 0.15) is 6.17 Å². The maximum absolute atomic E-state index is 12.8. The highest BCUT2D eigenvalue weighted by atomic mass is 32.1. The molecule has 2 fully saturated rings. The minimum absolute atomic E-state index is 0.0685. The molecule has 4 atom stereocenters. The van der Waals surface area contributed by atoms with Gasteiger partial charge in [-0.15, -0.1) is 11.3 Å². The van der Waals surface area contributed by atoms with Crippen LogP contribution in [0.5, 0.6) is 0 Å². The zero-order valence-electron chi connectivity index (χ0n) is 12.8. The zero-order chi connectivity index (χ0) is 14.5. The average Bonchev–Trinajstić information content (AvgIpc) is 2.82. The van der Waals surface area contributed by atoms with Crippen molar-refractivity contribution in [1.82, 2.24) is 10.2 Å². The number of nitrogens with one attached hydrogen (secondary N) is 1. The van der Waals surface area contributed by atoms with E-state index in [0.717, 1.165) is 18.9 Å². The van der Waals surface area contributed by atoms with Gasteiger partial charge in [0.05, 0.1) is 5.54 Å². The molecule has 20 heavy (non-hydrogen) atoms. The van der Waals surface area contributed by atoms with Crippen molar-refractivity contribution < 1.29 is 4.79 Å². The molecular weight excluding hydrogens is 268 g/mol. The fraction of sp³-hybridized carbons (Fsp3) is 0.688. The van der Waals surface area contributed by atoms with Crippen molar-refractivity contribution in [3.05, 3.63) is 21.9 Å². The first-order chi connectivity index (χ1) is 9.44. The topological polar surface area (TPSA) is 32.3 Å². The minimum atomic E-state index is -0.402. The highest BCUT2D eigenvalue weighted by Crippen LogP contribution is 2.43. The van der Waals surface area contributed by atoms with Crippen LogP contribution in [0.4, 0.5) is 0 Å². The van der Waals surface area contributed by atoms with E-state index >= 15 is 0 Å². The number of carbonyl (C=O) groups is 1. The molecule has 1 saturated carbocycles. The van der Waals surface area contributed by atoms with Crippen LogP contribution in [-0.4, -0.2) is 22.9 Å². The Bertz CT molecular complexity index is 526. The summed E-state index contributed by atoms with van der Waals surface area (Å²) >= 11 is 1.79. The molecule has 0 radical (unpaired) electrons. The van der Waals surface area contributed by atoms with E-state index in [-0.39, 0.29) is 12.1 Å². The molecule has 0 bridgehead atoms. The number of thiophene rings is 1. The number of carbonyl (C=O) groups excluding carboxylic acids is 1. The SMILES string of the molecule is CCC1(C)NC(c2ccc(C)s2)N(CC2CC2C)C1=O. The van der Waals surface area contributed by atoms with Crippen LogP contribution in [-0.2, 0) is 4.79 Å². The third kappa shape index (κ3) is 2.29. The Morgan fingerprint density at radius 2 is 2.20 bits per heavy atom. The summed E-state index contributed by atoms with van der Waals surface area (Å²) in [6, 6.07) is 4.31. The molecule has 1 aromatic rings. The molecule has 1 aliphatic carbocycles. The summed E-state index contributed by atoms with van der Waals surface area (Å²) < 4.78 is 0. The van der Waals surface area contributed by atoms with Crippen LogP contribution < -0.4 is 5.32 Å². The fourth-order valence-corrected chi connectivity index (χ4v) is 3.99. The number of hydrogen-bond donors (Lipinski definition) is 1. The fourth-order valence-electron chi connectivity index (χ4n) is 3.05. The molecule has 3 rings (SSSR count). The van der Waals surface area contributed by atoms with Gasteiger partial charge >= 0.3 is 0 Å². The first-order valence-corrected chi connectivity index (χ1v) is 8.41. The molecular formula is C16H24N2OS. The van der Waals surface area contributed by atoms with E-state index in [4.69, 9.17) is 0 Å². The maximum atomic E-state index is 12.8. The van der Waals surface area contributed by atoms with Gasteiger partial charge in [-0.1, -0.05) is 13.8 Å². The molecule has 1 saturated heterocycles. The summed E-state index contributed by atoms with van der Waals surface area (Å²) in [7, 11) is 0. The lowest BCUT2D eigenvalue weighted by Crippen LogP contribution is -2.43. The summed E-state index contributed by atoms with van der Waals surface area (Å²) in [4.78, 5) is 17.4. The molecule has 0 spiro atoms. The van der Waals surface area contributed by atoms with E-state index in [1.165, 1.54) is 16.2 Å². The predicted molar refractivity (Wildman–Crippen MR) is 82.6 cm³/mol. The third-order valence-corrected chi connectivity index (χ3v) is 6.00. The van der Waals surface area contributed by atoms with Crippen LogP contribution in [0, 0.1) is 18.8 Å². The molecule has 1 amide bonds. The van der Waals surface area contributed by atoms with Gasteiger partial charge in [0, 0.05) is 16.3 Å². The molecule has 3 nitrogen and oxygen atoms in total. The standard InChI is InChI=1S/C16H24N2OS/c1-5-16(4)15(19)18(9-12-8-10(12)2)14(17-16)13-7-6-11(3)20-13/h6-7,10,12,14,17H,5,8-9H2,1-4H3. The Morgan fingerprint density at radius 1 is 1.50 bits per heavy atom. The van der Waals surface area contributed by atoms with Gasteiger partial charge in [-0.05, 0) is 50.7 Å². The van der Waals surface area contributed by atoms with E-state index in [1.54, 1.807) is 11.3 Å². The lowest BCUT2D eigenvalue weighted by atomic mass is 9.99. The van der Waals surface area contributed by atoms with Crippen LogP contribution >= 0.6 is 11.3 Å². The summed E-state index contributed by atoms with van der Waals surface area (Å²) in [6.45, 7) is 9.44. The average molecular weight is 292 g/mol. The van der Waals surface area contributed by atoms with Crippen molar-refractivity contribution in [2.75, 3.05) is 6.54 Å². The molecule has 1 aliphatic heterocycles.